The first kappa shape index (κ1) is 27.7. The molecule has 1 amide bonds. The lowest BCUT2D eigenvalue weighted by atomic mass is 10.0. The molecule has 1 rings (SSSR count). The van der Waals surface area contributed by atoms with Gasteiger partial charge in [0.25, 0.3) is 0 Å². The van der Waals surface area contributed by atoms with Crippen LogP contribution in [0, 0.1) is 0 Å². The van der Waals surface area contributed by atoms with Crippen LogP contribution in [0.25, 0.3) is 0 Å². The summed E-state index contributed by atoms with van der Waals surface area (Å²) in [6.45, 7) is 2.27. The highest BCUT2D eigenvalue weighted by Crippen LogP contribution is 2.12. The standard InChI is InChI=1S/C26H41NO5/c1-2-3-4-5-6-7-8-9-10-11-12-13-17-20-23(28)24(25(29)30)27-26(31)32-21-22-18-15-14-16-19-22/h14-20,23-24,28H,2-13,21H2,1H3,(H,27,31)(H,29,30)/t23-,24-/m1/s1. The normalized spacial score (nSPS) is 13.1. The third-order valence-electron chi connectivity index (χ3n) is 5.40. The molecule has 180 valence electrons. The van der Waals surface area contributed by atoms with Gasteiger partial charge in [0, 0.05) is 0 Å². The maximum absolute atomic E-state index is 11.9. The lowest BCUT2D eigenvalue weighted by Crippen LogP contribution is -2.48. The smallest absolute Gasteiger partial charge is 0.408 e. The Morgan fingerprint density at radius 1 is 0.938 bits per heavy atom. The van der Waals surface area contributed by atoms with Crippen molar-refractivity contribution >= 4 is 12.1 Å². The molecule has 0 spiro atoms. The van der Waals surface area contributed by atoms with Gasteiger partial charge in [-0.1, -0.05) is 114 Å². The van der Waals surface area contributed by atoms with Crippen LogP contribution in [0.1, 0.15) is 89.5 Å². The van der Waals surface area contributed by atoms with Crippen molar-refractivity contribution in [1.29, 1.82) is 0 Å². The molecule has 0 aliphatic heterocycles. The predicted molar refractivity (Wildman–Crippen MR) is 127 cm³/mol. The van der Waals surface area contributed by atoms with Crippen LogP contribution >= 0.6 is 0 Å². The second-order valence-corrected chi connectivity index (χ2v) is 8.26. The highest BCUT2D eigenvalue weighted by Gasteiger charge is 2.27. The molecule has 0 saturated heterocycles. The Labute approximate surface area is 193 Å². The maximum atomic E-state index is 11.9. The van der Waals surface area contributed by atoms with Gasteiger partial charge < -0.3 is 20.3 Å². The third-order valence-corrected chi connectivity index (χ3v) is 5.40. The van der Waals surface area contributed by atoms with Crippen molar-refractivity contribution < 1.29 is 24.5 Å². The molecule has 0 aromatic heterocycles. The van der Waals surface area contributed by atoms with E-state index in [0.717, 1.165) is 24.8 Å². The number of carbonyl (C=O) groups is 2. The monoisotopic (exact) mass is 447 g/mol. The third kappa shape index (κ3) is 13.9. The number of hydrogen-bond donors (Lipinski definition) is 3. The number of hydrogen-bond acceptors (Lipinski definition) is 4. The number of carbonyl (C=O) groups excluding carboxylic acids is 1. The van der Waals surface area contributed by atoms with E-state index in [4.69, 9.17) is 4.74 Å². The summed E-state index contributed by atoms with van der Waals surface area (Å²) in [6, 6.07) is 7.64. The van der Waals surface area contributed by atoms with Gasteiger partial charge in [-0.15, -0.1) is 0 Å². The molecule has 0 heterocycles. The Bertz CT molecular complexity index is 647. The molecule has 6 nitrogen and oxygen atoms in total. The molecule has 6 heteroatoms. The first-order chi connectivity index (χ1) is 15.5. The van der Waals surface area contributed by atoms with Crippen molar-refractivity contribution in [2.24, 2.45) is 0 Å². The van der Waals surface area contributed by atoms with Crippen molar-refractivity contribution in [3.63, 3.8) is 0 Å². The minimum absolute atomic E-state index is 0.0316. The van der Waals surface area contributed by atoms with E-state index in [1.54, 1.807) is 18.2 Å². The minimum Gasteiger partial charge on any atom is -0.480 e. The van der Waals surface area contributed by atoms with Gasteiger partial charge in [0.2, 0.25) is 0 Å². The maximum Gasteiger partial charge on any atom is 0.408 e. The zero-order chi connectivity index (χ0) is 23.4. The molecule has 1 aromatic rings. The number of allylic oxidation sites excluding steroid dienone is 1. The average Bonchev–Trinajstić information content (AvgIpc) is 2.79. The molecular formula is C26H41NO5. The number of amides is 1. The van der Waals surface area contributed by atoms with E-state index in [9.17, 15) is 19.8 Å². The van der Waals surface area contributed by atoms with E-state index in [-0.39, 0.29) is 6.61 Å². The molecule has 0 aliphatic rings. The molecule has 1 aromatic carbocycles. The zero-order valence-corrected chi connectivity index (χ0v) is 19.5. The van der Waals surface area contributed by atoms with Crippen LogP contribution in [0.4, 0.5) is 4.79 Å². The molecule has 0 saturated carbocycles. The Kier molecular flexibility index (Phi) is 15.8. The number of nitrogens with one attached hydrogen (secondary N) is 1. The first-order valence-corrected chi connectivity index (χ1v) is 12.1. The zero-order valence-electron chi connectivity index (χ0n) is 19.5. The number of carboxylic acid groups (broad SMARTS) is 1. The Morgan fingerprint density at radius 3 is 2.06 bits per heavy atom. The minimum atomic E-state index is -1.45. The molecule has 3 N–H and O–H groups in total. The van der Waals surface area contributed by atoms with Crippen LogP contribution in [-0.2, 0) is 16.1 Å². The topological polar surface area (TPSA) is 95.9 Å². The Balaban J connectivity index is 2.16. The van der Waals surface area contributed by atoms with Crippen molar-refractivity contribution in [3.05, 3.63) is 48.0 Å². The summed E-state index contributed by atoms with van der Waals surface area (Å²) in [5, 5.41) is 21.7. The van der Waals surface area contributed by atoms with Gasteiger partial charge in [-0.25, -0.2) is 9.59 Å². The summed E-state index contributed by atoms with van der Waals surface area (Å²) in [4.78, 5) is 23.3. The lowest BCUT2D eigenvalue weighted by Gasteiger charge is -2.17. The number of ether oxygens (including phenoxy) is 1. The lowest BCUT2D eigenvalue weighted by molar-refractivity contribution is -0.141. The largest absolute Gasteiger partial charge is 0.480 e. The van der Waals surface area contributed by atoms with Gasteiger partial charge in [0.15, 0.2) is 6.04 Å². The van der Waals surface area contributed by atoms with E-state index < -0.39 is 24.2 Å². The van der Waals surface area contributed by atoms with Gasteiger partial charge in [0.05, 0.1) is 0 Å². The number of carboxylic acids is 1. The summed E-state index contributed by atoms with van der Waals surface area (Å²) >= 11 is 0. The molecule has 0 radical (unpaired) electrons. The van der Waals surface area contributed by atoms with Gasteiger partial charge in [-0.2, -0.15) is 0 Å². The summed E-state index contributed by atoms with van der Waals surface area (Å²) in [6.07, 6.45) is 15.7. The van der Waals surface area contributed by atoms with E-state index in [0.29, 0.717) is 0 Å². The Hall–Kier alpha value is -2.34. The highest BCUT2D eigenvalue weighted by molar-refractivity contribution is 5.80. The number of unbranched alkanes of at least 4 members (excludes halogenated alkanes) is 11. The van der Waals surface area contributed by atoms with Crippen LogP contribution in [0.2, 0.25) is 0 Å². The summed E-state index contributed by atoms with van der Waals surface area (Å²) < 4.78 is 5.03. The number of alkyl carbamates (subject to hydrolysis) is 1. The SMILES string of the molecule is CCCCCCCCCCCCCC=C[C@@H](O)[C@@H](NC(=O)OCc1ccccc1)C(=O)O. The second-order valence-electron chi connectivity index (χ2n) is 8.26. The first-order valence-electron chi connectivity index (χ1n) is 12.1. The average molecular weight is 448 g/mol. The van der Waals surface area contributed by atoms with Gasteiger partial charge in [-0.3, -0.25) is 0 Å². The fourth-order valence-corrected chi connectivity index (χ4v) is 3.46. The van der Waals surface area contributed by atoms with E-state index in [1.165, 1.54) is 63.9 Å². The van der Waals surface area contributed by atoms with Gasteiger partial charge in [0.1, 0.15) is 12.7 Å². The Morgan fingerprint density at radius 2 is 1.50 bits per heavy atom. The number of benzene rings is 1. The van der Waals surface area contributed by atoms with E-state index >= 15 is 0 Å². The predicted octanol–water partition coefficient (Wildman–Crippen LogP) is 5.98. The molecule has 2 atom stereocenters. The van der Waals surface area contributed by atoms with E-state index in [2.05, 4.69) is 12.2 Å². The molecule has 32 heavy (non-hydrogen) atoms. The summed E-state index contributed by atoms with van der Waals surface area (Å²) in [5.74, 6) is -1.31. The van der Waals surface area contributed by atoms with Crippen LogP contribution < -0.4 is 5.32 Å². The fraction of sp³-hybridized carbons (Fsp3) is 0.615. The van der Waals surface area contributed by atoms with Crippen molar-refractivity contribution in [2.75, 3.05) is 0 Å². The summed E-state index contributed by atoms with van der Waals surface area (Å²) in [5.41, 5.74) is 0.793. The van der Waals surface area contributed by atoms with Gasteiger partial charge in [-0.05, 0) is 18.4 Å². The molecule has 0 bridgehead atoms. The highest BCUT2D eigenvalue weighted by atomic mass is 16.5. The summed E-state index contributed by atoms with van der Waals surface area (Å²) in [7, 11) is 0. The van der Waals surface area contributed by atoms with Crippen molar-refractivity contribution in [2.45, 2.75) is 103 Å². The van der Waals surface area contributed by atoms with E-state index in [1.807, 2.05) is 18.2 Å². The fourth-order valence-electron chi connectivity index (χ4n) is 3.46. The van der Waals surface area contributed by atoms with Crippen LogP contribution in [0.3, 0.4) is 0 Å². The molecule has 0 fully saturated rings. The number of aliphatic hydroxyl groups excluding tert-OH is 1. The molecule has 0 aliphatic carbocycles. The molecular weight excluding hydrogens is 406 g/mol. The molecule has 0 unspecified atom stereocenters. The number of rotatable bonds is 18. The van der Waals surface area contributed by atoms with Crippen LogP contribution in [0.5, 0.6) is 0 Å². The van der Waals surface area contributed by atoms with Crippen LogP contribution in [-0.4, -0.2) is 34.4 Å². The number of aliphatic hydroxyl groups is 1. The second kappa shape index (κ2) is 18.3. The van der Waals surface area contributed by atoms with Crippen molar-refractivity contribution in [3.8, 4) is 0 Å². The van der Waals surface area contributed by atoms with Crippen molar-refractivity contribution in [1.82, 2.24) is 5.32 Å². The number of aliphatic carboxylic acids is 1. The van der Waals surface area contributed by atoms with Gasteiger partial charge >= 0.3 is 12.1 Å². The quantitative estimate of drug-likeness (QED) is 0.190. The van der Waals surface area contributed by atoms with Crippen LogP contribution in [0.15, 0.2) is 42.5 Å².